The number of aromatic nitrogens is 4. The van der Waals surface area contributed by atoms with Gasteiger partial charge in [0.15, 0.2) is 0 Å². The maximum Gasteiger partial charge on any atom is 0.330 e. The van der Waals surface area contributed by atoms with Crippen LogP contribution < -0.4 is 5.69 Å². The summed E-state index contributed by atoms with van der Waals surface area (Å²) in [5.74, 6) is 0. The van der Waals surface area contributed by atoms with Crippen molar-refractivity contribution in [1.29, 1.82) is 0 Å². The third kappa shape index (κ3) is 2.79. The van der Waals surface area contributed by atoms with Gasteiger partial charge < -0.3 is 4.98 Å². The van der Waals surface area contributed by atoms with E-state index >= 15 is 0 Å². The van der Waals surface area contributed by atoms with Gasteiger partial charge in [-0.2, -0.15) is 0 Å². The summed E-state index contributed by atoms with van der Waals surface area (Å²) in [5, 5.41) is 1.08. The molecule has 134 valence electrons. The van der Waals surface area contributed by atoms with Crippen molar-refractivity contribution in [2.24, 2.45) is 0 Å². The van der Waals surface area contributed by atoms with Gasteiger partial charge in [0.2, 0.25) is 0 Å². The van der Waals surface area contributed by atoms with Gasteiger partial charge in [0.1, 0.15) is 0 Å². The van der Waals surface area contributed by atoms with Crippen molar-refractivity contribution in [3.8, 4) is 28.2 Å². The van der Waals surface area contributed by atoms with Crippen LogP contribution in [-0.4, -0.2) is 19.5 Å². The fraction of sp³-hybridized carbons (Fsp3) is 0. The van der Waals surface area contributed by atoms with Crippen molar-refractivity contribution >= 4 is 10.9 Å². The van der Waals surface area contributed by atoms with Crippen LogP contribution in [0.25, 0.3) is 39.1 Å². The molecule has 0 aliphatic heterocycles. The minimum absolute atomic E-state index is 0.194. The lowest BCUT2D eigenvalue weighted by Crippen LogP contribution is -2.15. The quantitative estimate of drug-likeness (QED) is 0.515. The molecule has 28 heavy (non-hydrogen) atoms. The zero-order chi connectivity index (χ0) is 18.9. The summed E-state index contributed by atoms with van der Waals surface area (Å²) >= 11 is 0. The molecule has 0 spiro atoms. The fourth-order valence-corrected chi connectivity index (χ4v) is 3.37. The first-order valence-electron chi connectivity index (χ1n) is 8.97. The Bertz CT molecular complexity index is 1340. The zero-order valence-corrected chi connectivity index (χ0v) is 14.9. The van der Waals surface area contributed by atoms with E-state index < -0.39 is 0 Å². The van der Waals surface area contributed by atoms with Crippen molar-refractivity contribution in [1.82, 2.24) is 19.5 Å². The number of hydrogen-bond donors (Lipinski definition) is 1. The molecule has 0 unspecified atom stereocenters. The van der Waals surface area contributed by atoms with E-state index in [1.807, 2.05) is 72.9 Å². The number of rotatable bonds is 3. The Morgan fingerprint density at radius 2 is 1.64 bits per heavy atom. The second kappa shape index (κ2) is 6.63. The lowest BCUT2D eigenvalue weighted by molar-refractivity contribution is 0.988. The van der Waals surface area contributed by atoms with E-state index in [9.17, 15) is 4.79 Å². The summed E-state index contributed by atoms with van der Waals surface area (Å²) in [4.78, 5) is 24.2. The summed E-state index contributed by atoms with van der Waals surface area (Å²) in [6, 6.07) is 23.6. The lowest BCUT2D eigenvalue weighted by Gasteiger charge is -2.09. The topological polar surface area (TPSA) is 63.6 Å². The highest BCUT2D eigenvalue weighted by Crippen LogP contribution is 2.26. The maximum atomic E-state index is 12.4. The molecule has 0 aliphatic carbocycles. The van der Waals surface area contributed by atoms with Gasteiger partial charge in [-0.05, 0) is 42.0 Å². The monoisotopic (exact) mass is 364 g/mol. The molecule has 0 aliphatic rings. The number of aromatic amines is 1. The van der Waals surface area contributed by atoms with Crippen LogP contribution in [0.2, 0.25) is 0 Å². The molecule has 0 bridgehead atoms. The molecular formula is C23H16N4O. The normalized spacial score (nSPS) is 11.0. The van der Waals surface area contributed by atoms with Gasteiger partial charge in [-0.3, -0.25) is 14.5 Å². The van der Waals surface area contributed by atoms with Crippen LogP contribution in [-0.2, 0) is 0 Å². The van der Waals surface area contributed by atoms with E-state index in [0.29, 0.717) is 11.4 Å². The molecule has 0 saturated heterocycles. The standard InChI is InChI=1S/C23H16N4O/c28-23-26-15-22(27(23)19-7-2-1-3-8-19)21-13-16(10-11-24-21)18-12-17-6-4-5-9-20(17)25-14-18/h1-15H,(H,26,28). The van der Waals surface area contributed by atoms with Crippen molar-refractivity contribution in [2.75, 3.05) is 0 Å². The number of benzene rings is 2. The number of para-hydroxylation sites is 2. The Morgan fingerprint density at radius 3 is 2.54 bits per heavy atom. The van der Waals surface area contributed by atoms with Crippen molar-refractivity contribution in [2.45, 2.75) is 0 Å². The van der Waals surface area contributed by atoms with Crippen molar-refractivity contribution in [3.63, 3.8) is 0 Å². The molecule has 3 heterocycles. The molecular weight excluding hydrogens is 348 g/mol. The van der Waals surface area contributed by atoms with Crippen LogP contribution in [0.5, 0.6) is 0 Å². The van der Waals surface area contributed by atoms with Gasteiger partial charge in [-0.15, -0.1) is 0 Å². The van der Waals surface area contributed by atoms with Crippen molar-refractivity contribution < 1.29 is 0 Å². The Hall–Kier alpha value is -3.99. The van der Waals surface area contributed by atoms with Crippen LogP contribution in [0.15, 0.2) is 96.2 Å². The number of hydrogen-bond acceptors (Lipinski definition) is 3. The second-order valence-electron chi connectivity index (χ2n) is 6.50. The highest BCUT2D eigenvalue weighted by Gasteiger charge is 2.12. The fourth-order valence-electron chi connectivity index (χ4n) is 3.37. The summed E-state index contributed by atoms with van der Waals surface area (Å²) in [7, 11) is 0. The summed E-state index contributed by atoms with van der Waals surface area (Å²) in [5.41, 5.74) is 5.00. The highest BCUT2D eigenvalue weighted by molar-refractivity contribution is 5.84. The molecule has 2 aromatic carbocycles. The first-order valence-corrected chi connectivity index (χ1v) is 8.97. The number of nitrogens with one attached hydrogen (secondary N) is 1. The van der Waals surface area contributed by atoms with Crippen LogP contribution >= 0.6 is 0 Å². The molecule has 0 fully saturated rings. The van der Waals surface area contributed by atoms with E-state index in [0.717, 1.165) is 27.7 Å². The van der Waals surface area contributed by atoms with Crippen LogP contribution in [0.3, 0.4) is 0 Å². The summed E-state index contributed by atoms with van der Waals surface area (Å²) in [6.45, 7) is 0. The first kappa shape index (κ1) is 16.2. The Balaban J connectivity index is 1.63. The average molecular weight is 364 g/mol. The Morgan fingerprint density at radius 1 is 0.821 bits per heavy atom. The van der Waals surface area contributed by atoms with Crippen LogP contribution in [0.4, 0.5) is 0 Å². The van der Waals surface area contributed by atoms with E-state index in [1.165, 1.54) is 0 Å². The Kier molecular flexibility index (Phi) is 3.84. The maximum absolute atomic E-state index is 12.4. The minimum atomic E-state index is -0.194. The number of nitrogens with zero attached hydrogens (tertiary/aromatic N) is 3. The van der Waals surface area contributed by atoms with E-state index in [-0.39, 0.29) is 5.69 Å². The van der Waals surface area contributed by atoms with Gasteiger partial charge in [0, 0.05) is 29.5 Å². The molecule has 0 atom stereocenters. The largest absolute Gasteiger partial charge is 0.330 e. The molecule has 5 rings (SSSR count). The minimum Gasteiger partial charge on any atom is -0.312 e. The number of imidazole rings is 1. The van der Waals surface area contributed by atoms with E-state index in [2.05, 4.69) is 21.0 Å². The lowest BCUT2D eigenvalue weighted by atomic mass is 10.1. The molecule has 0 saturated carbocycles. The summed E-state index contributed by atoms with van der Waals surface area (Å²) in [6.07, 6.45) is 5.32. The zero-order valence-electron chi connectivity index (χ0n) is 14.9. The van der Waals surface area contributed by atoms with Gasteiger partial charge in [-0.25, -0.2) is 4.79 Å². The average Bonchev–Trinajstić information content (AvgIpc) is 3.15. The Labute approximate surface area is 161 Å². The van der Waals surface area contributed by atoms with Gasteiger partial charge >= 0.3 is 5.69 Å². The third-order valence-corrected chi connectivity index (χ3v) is 4.74. The first-order chi connectivity index (χ1) is 13.8. The summed E-state index contributed by atoms with van der Waals surface area (Å²) < 4.78 is 1.63. The van der Waals surface area contributed by atoms with E-state index in [1.54, 1.807) is 17.0 Å². The predicted octanol–water partition coefficient (Wildman–Crippen LogP) is 4.44. The van der Waals surface area contributed by atoms with Crippen molar-refractivity contribution in [3.05, 3.63) is 102 Å². The van der Waals surface area contributed by atoms with Crippen LogP contribution in [0.1, 0.15) is 0 Å². The van der Waals surface area contributed by atoms with Gasteiger partial charge in [0.25, 0.3) is 0 Å². The van der Waals surface area contributed by atoms with Gasteiger partial charge in [0.05, 0.1) is 22.6 Å². The van der Waals surface area contributed by atoms with Crippen LogP contribution in [0, 0.1) is 0 Å². The number of pyridine rings is 2. The van der Waals surface area contributed by atoms with Gasteiger partial charge in [-0.1, -0.05) is 36.4 Å². The molecule has 0 radical (unpaired) electrons. The molecule has 1 N–H and O–H groups in total. The number of fused-ring (bicyclic) bond motifs is 1. The highest BCUT2D eigenvalue weighted by atomic mass is 16.1. The predicted molar refractivity (Wildman–Crippen MR) is 110 cm³/mol. The number of H-pyrrole nitrogens is 1. The van der Waals surface area contributed by atoms with E-state index in [4.69, 9.17) is 0 Å². The SMILES string of the molecule is O=c1[nH]cc(-c2cc(-c3cnc4ccccc4c3)ccn2)n1-c1ccccc1. The smallest absolute Gasteiger partial charge is 0.312 e. The molecule has 5 nitrogen and oxygen atoms in total. The molecule has 3 aromatic heterocycles. The molecule has 5 aromatic rings. The molecule has 0 amide bonds. The third-order valence-electron chi connectivity index (χ3n) is 4.74. The second-order valence-corrected chi connectivity index (χ2v) is 6.50. The molecule has 5 heteroatoms.